The first-order valence-corrected chi connectivity index (χ1v) is 6.24. The van der Waals surface area contributed by atoms with Gasteiger partial charge in [0.2, 0.25) is 0 Å². The number of rotatable bonds is 5. The van der Waals surface area contributed by atoms with E-state index in [1.165, 1.54) is 0 Å². The van der Waals surface area contributed by atoms with E-state index in [9.17, 15) is 0 Å². The molecule has 0 aliphatic carbocycles. The largest absolute Gasteiger partial charge is 0.394 e. The number of aliphatic hydroxyl groups is 1. The second-order valence-electron chi connectivity index (χ2n) is 4.63. The highest BCUT2D eigenvalue weighted by Crippen LogP contribution is 2.26. The molecular formula is C12H21N3O2. The molecule has 2 rings (SSSR count). The maximum atomic E-state index is 9.10. The molecule has 5 nitrogen and oxygen atoms in total. The Hall–Kier alpha value is -0.910. The standard InChI is InChI=1S/C12H21N3O2/c1-2-12-9(3-4-17-12)6-15-8-14-5-11(15)10(13)7-16/h5,8-10,12,16H,2-4,6-7,13H2,1H3. The maximum absolute atomic E-state index is 9.10. The van der Waals surface area contributed by atoms with Crippen molar-refractivity contribution in [1.82, 2.24) is 9.55 Å². The normalized spacial score (nSPS) is 26.3. The summed E-state index contributed by atoms with van der Waals surface area (Å²) >= 11 is 0. The Labute approximate surface area is 102 Å². The van der Waals surface area contributed by atoms with Gasteiger partial charge in [-0.15, -0.1) is 0 Å². The number of ether oxygens (including phenoxy) is 1. The summed E-state index contributed by atoms with van der Waals surface area (Å²) in [5.41, 5.74) is 6.74. The van der Waals surface area contributed by atoms with Gasteiger partial charge < -0.3 is 20.1 Å². The van der Waals surface area contributed by atoms with Gasteiger partial charge in [0.25, 0.3) is 0 Å². The van der Waals surface area contributed by atoms with Crippen molar-refractivity contribution in [3.05, 3.63) is 18.2 Å². The molecule has 1 aromatic heterocycles. The smallest absolute Gasteiger partial charge is 0.0948 e. The first-order chi connectivity index (χ1) is 8.26. The van der Waals surface area contributed by atoms with Crippen LogP contribution in [0, 0.1) is 5.92 Å². The molecule has 2 heterocycles. The average Bonchev–Trinajstić information content (AvgIpc) is 2.97. The van der Waals surface area contributed by atoms with Crippen LogP contribution in [0.15, 0.2) is 12.5 Å². The lowest BCUT2D eigenvalue weighted by atomic mass is 9.99. The molecule has 3 N–H and O–H groups in total. The molecule has 1 aromatic rings. The van der Waals surface area contributed by atoms with Gasteiger partial charge in [0.05, 0.1) is 30.8 Å². The monoisotopic (exact) mass is 239 g/mol. The van der Waals surface area contributed by atoms with Crippen LogP contribution in [0.3, 0.4) is 0 Å². The van der Waals surface area contributed by atoms with Crippen LogP contribution in [0.2, 0.25) is 0 Å². The van der Waals surface area contributed by atoms with E-state index in [0.29, 0.717) is 12.0 Å². The molecule has 1 saturated heterocycles. The van der Waals surface area contributed by atoms with Gasteiger partial charge in [-0.2, -0.15) is 0 Å². The third kappa shape index (κ3) is 2.68. The van der Waals surface area contributed by atoms with Crippen LogP contribution in [0.5, 0.6) is 0 Å². The number of imidazole rings is 1. The summed E-state index contributed by atoms with van der Waals surface area (Å²) in [5, 5.41) is 9.10. The minimum Gasteiger partial charge on any atom is -0.394 e. The topological polar surface area (TPSA) is 73.3 Å². The summed E-state index contributed by atoms with van der Waals surface area (Å²) in [6, 6.07) is -0.347. The van der Waals surface area contributed by atoms with Crippen LogP contribution in [-0.2, 0) is 11.3 Å². The van der Waals surface area contributed by atoms with Crippen LogP contribution in [0.4, 0.5) is 0 Å². The van der Waals surface area contributed by atoms with E-state index in [2.05, 4.69) is 11.9 Å². The molecule has 3 atom stereocenters. The highest BCUT2D eigenvalue weighted by atomic mass is 16.5. The highest BCUT2D eigenvalue weighted by molar-refractivity contribution is 5.05. The summed E-state index contributed by atoms with van der Waals surface area (Å²) in [4.78, 5) is 4.12. The van der Waals surface area contributed by atoms with E-state index in [0.717, 1.165) is 31.7 Å². The molecule has 0 radical (unpaired) electrons. The lowest BCUT2D eigenvalue weighted by Gasteiger charge is -2.20. The Morgan fingerprint density at radius 3 is 3.24 bits per heavy atom. The van der Waals surface area contributed by atoms with E-state index in [-0.39, 0.29) is 12.6 Å². The zero-order valence-electron chi connectivity index (χ0n) is 10.2. The van der Waals surface area contributed by atoms with Crippen LogP contribution >= 0.6 is 0 Å². The second kappa shape index (κ2) is 5.62. The molecule has 0 bridgehead atoms. The molecular weight excluding hydrogens is 218 g/mol. The molecule has 5 heteroatoms. The predicted octanol–water partition coefficient (Wildman–Crippen LogP) is 0.690. The van der Waals surface area contributed by atoms with E-state index >= 15 is 0 Å². The lowest BCUT2D eigenvalue weighted by Crippen LogP contribution is -2.24. The molecule has 96 valence electrons. The Morgan fingerprint density at radius 1 is 1.71 bits per heavy atom. The van der Waals surface area contributed by atoms with Crippen molar-refractivity contribution in [3.8, 4) is 0 Å². The van der Waals surface area contributed by atoms with Crippen LogP contribution in [0.1, 0.15) is 31.5 Å². The van der Waals surface area contributed by atoms with Gasteiger partial charge in [-0.05, 0) is 12.8 Å². The maximum Gasteiger partial charge on any atom is 0.0948 e. The Balaban J connectivity index is 2.05. The van der Waals surface area contributed by atoms with Gasteiger partial charge in [0.15, 0.2) is 0 Å². The Bertz CT molecular complexity index is 353. The number of nitrogens with zero attached hydrogens (tertiary/aromatic N) is 2. The van der Waals surface area contributed by atoms with E-state index in [1.807, 2.05) is 4.57 Å². The molecule has 0 saturated carbocycles. The molecule has 17 heavy (non-hydrogen) atoms. The first kappa shape index (κ1) is 12.5. The molecule has 0 spiro atoms. The minimum absolute atomic E-state index is 0.0515. The average molecular weight is 239 g/mol. The minimum atomic E-state index is -0.347. The number of nitrogens with two attached hydrogens (primary N) is 1. The summed E-state index contributed by atoms with van der Waals surface area (Å²) in [6.45, 7) is 3.82. The van der Waals surface area contributed by atoms with E-state index in [1.54, 1.807) is 12.5 Å². The van der Waals surface area contributed by atoms with Gasteiger partial charge in [0.1, 0.15) is 0 Å². The van der Waals surface area contributed by atoms with E-state index < -0.39 is 0 Å². The third-order valence-electron chi connectivity index (χ3n) is 3.50. The van der Waals surface area contributed by atoms with Crippen molar-refractivity contribution in [2.45, 2.75) is 38.5 Å². The zero-order valence-corrected chi connectivity index (χ0v) is 10.2. The van der Waals surface area contributed by atoms with Crippen LogP contribution in [0.25, 0.3) is 0 Å². The molecule has 1 aliphatic heterocycles. The fourth-order valence-electron chi connectivity index (χ4n) is 2.49. The Morgan fingerprint density at radius 2 is 2.53 bits per heavy atom. The van der Waals surface area contributed by atoms with Crippen molar-refractivity contribution in [2.75, 3.05) is 13.2 Å². The van der Waals surface area contributed by atoms with Crippen molar-refractivity contribution in [3.63, 3.8) is 0 Å². The molecule has 0 amide bonds. The van der Waals surface area contributed by atoms with Crippen molar-refractivity contribution >= 4 is 0 Å². The summed E-state index contributed by atoms with van der Waals surface area (Å²) < 4.78 is 7.72. The number of hydrogen-bond donors (Lipinski definition) is 2. The quantitative estimate of drug-likeness (QED) is 0.793. The SMILES string of the molecule is CCC1OCCC1Cn1cncc1C(N)CO. The number of aliphatic hydroxyl groups excluding tert-OH is 1. The Kier molecular flexibility index (Phi) is 4.15. The molecule has 1 aliphatic rings. The van der Waals surface area contributed by atoms with Crippen molar-refractivity contribution < 1.29 is 9.84 Å². The van der Waals surface area contributed by atoms with Crippen LogP contribution in [-0.4, -0.2) is 34.0 Å². The fourth-order valence-corrected chi connectivity index (χ4v) is 2.49. The van der Waals surface area contributed by atoms with Gasteiger partial charge in [-0.25, -0.2) is 4.98 Å². The first-order valence-electron chi connectivity index (χ1n) is 6.24. The summed E-state index contributed by atoms with van der Waals surface area (Å²) in [7, 11) is 0. The van der Waals surface area contributed by atoms with Gasteiger partial charge >= 0.3 is 0 Å². The van der Waals surface area contributed by atoms with Gasteiger partial charge in [0, 0.05) is 25.3 Å². The molecule has 1 fully saturated rings. The lowest BCUT2D eigenvalue weighted by molar-refractivity contribution is 0.0831. The van der Waals surface area contributed by atoms with Gasteiger partial charge in [-0.3, -0.25) is 0 Å². The second-order valence-corrected chi connectivity index (χ2v) is 4.63. The fraction of sp³-hybridized carbons (Fsp3) is 0.750. The van der Waals surface area contributed by atoms with E-state index in [4.69, 9.17) is 15.6 Å². The van der Waals surface area contributed by atoms with Crippen LogP contribution < -0.4 is 5.73 Å². The zero-order chi connectivity index (χ0) is 12.3. The van der Waals surface area contributed by atoms with Crippen molar-refractivity contribution in [2.24, 2.45) is 11.7 Å². The summed E-state index contributed by atoms with van der Waals surface area (Å²) in [6.07, 6.45) is 5.99. The highest BCUT2D eigenvalue weighted by Gasteiger charge is 2.27. The summed E-state index contributed by atoms with van der Waals surface area (Å²) in [5.74, 6) is 0.527. The van der Waals surface area contributed by atoms with Crippen molar-refractivity contribution in [1.29, 1.82) is 0 Å². The molecule has 3 unspecified atom stereocenters. The molecule has 0 aromatic carbocycles. The number of aromatic nitrogens is 2. The number of hydrogen-bond acceptors (Lipinski definition) is 4. The third-order valence-corrected chi connectivity index (χ3v) is 3.50. The van der Waals surface area contributed by atoms with Gasteiger partial charge in [-0.1, -0.05) is 6.92 Å². The predicted molar refractivity (Wildman–Crippen MR) is 64.4 cm³/mol.